The number of tetrazole rings is 1. The summed E-state index contributed by atoms with van der Waals surface area (Å²) in [5.74, 6) is 1.53. The summed E-state index contributed by atoms with van der Waals surface area (Å²) in [5, 5.41) is 13.8. The molecule has 3 heterocycles. The number of aromatic nitrogens is 5. The van der Waals surface area contributed by atoms with E-state index in [0.717, 1.165) is 48.4 Å². The van der Waals surface area contributed by atoms with Gasteiger partial charge in [-0.05, 0) is 54.5 Å². The molecule has 0 radical (unpaired) electrons. The Hall–Kier alpha value is -2.78. The molecule has 1 aliphatic heterocycles. The van der Waals surface area contributed by atoms with Crippen molar-refractivity contribution in [3.8, 4) is 5.75 Å². The number of morpholine rings is 1. The zero-order valence-corrected chi connectivity index (χ0v) is 18.5. The van der Waals surface area contributed by atoms with Gasteiger partial charge in [-0.25, -0.2) is 4.68 Å². The minimum atomic E-state index is -0.334. The lowest BCUT2D eigenvalue weighted by atomic mass is 9.95. The van der Waals surface area contributed by atoms with Crippen molar-refractivity contribution in [2.24, 2.45) is 0 Å². The molecule has 1 unspecified atom stereocenters. The minimum absolute atomic E-state index is 0.114. The van der Waals surface area contributed by atoms with Gasteiger partial charge in [0.1, 0.15) is 11.8 Å². The standard InChI is InChI=1S/C23H30N6O3/c1-2-32-18-8-9-20-16(14-18)15-19(23(30)24-20)21(28-10-12-31-13-11-28)22-25-26-27-29(22)17-6-4-3-5-7-17/h8-9,14-15,17,21H,2-7,10-13H2,1H3,(H,24,30). The first-order valence-corrected chi connectivity index (χ1v) is 11.6. The maximum atomic E-state index is 13.3. The van der Waals surface area contributed by atoms with Crippen LogP contribution >= 0.6 is 0 Å². The van der Waals surface area contributed by atoms with Crippen LogP contribution in [-0.4, -0.2) is 63.0 Å². The second-order valence-electron chi connectivity index (χ2n) is 8.56. The number of nitrogens with one attached hydrogen (secondary N) is 1. The van der Waals surface area contributed by atoms with Gasteiger partial charge in [-0.3, -0.25) is 9.69 Å². The first kappa shape index (κ1) is 21.1. The second-order valence-corrected chi connectivity index (χ2v) is 8.56. The second kappa shape index (κ2) is 9.38. The number of H-pyrrole nitrogens is 1. The lowest BCUT2D eigenvalue weighted by Gasteiger charge is -2.34. The van der Waals surface area contributed by atoms with Gasteiger partial charge >= 0.3 is 0 Å². The summed E-state index contributed by atoms with van der Waals surface area (Å²) >= 11 is 0. The van der Waals surface area contributed by atoms with Crippen molar-refractivity contribution in [3.63, 3.8) is 0 Å². The van der Waals surface area contributed by atoms with Gasteiger partial charge in [0.15, 0.2) is 5.82 Å². The Bertz CT molecular complexity index is 1110. The molecule has 2 fully saturated rings. The molecule has 0 spiro atoms. The molecule has 3 aromatic rings. The summed E-state index contributed by atoms with van der Waals surface area (Å²) in [6, 6.07) is 7.66. The quantitative estimate of drug-likeness (QED) is 0.632. The van der Waals surface area contributed by atoms with Crippen molar-refractivity contribution in [1.82, 2.24) is 30.1 Å². The van der Waals surface area contributed by atoms with Crippen LogP contribution in [-0.2, 0) is 4.74 Å². The molecular weight excluding hydrogens is 408 g/mol. The van der Waals surface area contributed by atoms with Crippen molar-refractivity contribution < 1.29 is 9.47 Å². The van der Waals surface area contributed by atoms with Crippen molar-refractivity contribution >= 4 is 10.9 Å². The van der Waals surface area contributed by atoms with E-state index in [1.54, 1.807) is 0 Å². The molecule has 9 heteroatoms. The Kier molecular flexibility index (Phi) is 6.18. The van der Waals surface area contributed by atoms with E-state index in [9.17, 15) is 4.79 Å². The normalized spacial score (nSPS) is 19.3. The SMILES string of the molecule is CCOc1ccc2[nH]c(=O)c(C(c3nnnn3C3CCCCC3)N3CCOCC3)cc2c1. The molecule has 32 heavy (non-hydrogen) atoms. The van der Waals surface area contributed by atoms with Crippen LogP contribution in [0.4, 0.5) is 0 Å². The average molecular weight is 439 g/mol. The molecule has 1 N–H and O–H groups in total. The third-order valence-electron chi connectivity index (χ3n) is 6.54. The predicted molar refractivity (Wildman–Crippen MR) is 120 cm³/mol. The maximum Gasteiger partial charge on any atom is 0.253 e. The van der Waals surface area contributed by atoms with Gasteiger partial charge in [0.05, 0.1) is 25.9 Å². The van der Waals surface area contributed by atoms with E-state index in [1.807, 2.05) is 35.9 Å². The Morgan fingerprint density at radius 2 is 2.00 bits per heavy atom. The zero-order chi connectivity index (χ0) is 21.9. The molecule has 1 saturated heterocycles. The number of rotatable bonds is 6. The van der Waals surface area contributed by atoms with Crippen LogP contribution in [0.3, 0.4) is 0 Å². The average Bonchev–Trinajstić information content (AvgIpc) is 3.31. The monoisotopic (exact) mass is 438 g/mol. The molecule has 0 bridgehead atoms. The van der Waals surface area contributed by atoms with Crippen LogP contribution in [0, 0.1) is 0 Å². The Labute approximate surface area is 186 Å². The third kappa shape index (κ3) is 4.14. The molecular formula is C23H30N6O3. The predicted octanol–water partition coefficient (Wildman–Crippen LogP) is 2.84. The number of pyridine rings is 1. The van der Waals surface area contributed by atoms with Crippen LogP contribution in [0.2, 0.25) is 0 Å². The summed E-state index contributed by atoms with van der Waals surface area (Å²) in [6.45, 7) is 5.25. The van der Waals surface area contributed by atoms with Crippen molar-refractivity contribution in [2.45, 2.75) is 51.1 Å². The summed E-state index contributed by atoms with van der Waals surface area (Å²) in [7, 11) is 0. The topological polar surface area (TPSA) is 98.2 Å². The van der Waals surface area contributed by atoms with Gasteiger partial charge in [-0.1, -0.05) is 19.3 Å². The summed E-state index contributed by atoms with van der Waals surface area (Å²) in [4.78, 5) is 18.6. The van der Waals surface area contributed by atoms with Crippen LogP contribution in [0.15, 0.2) is 29.1 Å². The highest BCUT2D eigenvalue weighted by Crippen LogP contribution is 2.33. The van der Waals surface area contributed by atoms with Crippen LogP contribution < -0.4 is 10.3 Å². The number of nitrogens with zero attached hydrogens (tertiary/aromatic N) is 5. The fourth-order valence-corrected chi connectivity index (χ4v) is 4.96. The number of hydrogen-bond donors (Lipinski definition) is 1. The molecule has 170 valence electrons. The number of aromatic amines is 1. The van der Waals surface area contributed by atoms with Crippen molar-refractivity contribution in [1.29, 1.82) is 0 Å². The fourth-order valence-electron chi connectivity index (χ4n) is 4.96. The lowest BCUT2D eigenvalue weighted by Crippen LogP contribution is -2.42. The fraction of sp³-hybridized carbons (Fsp3) is 0.565. The molecule has 9 nitrogen and oxygen atoms in total. The van der Waals surface area contributed by atoms with E-state index in [4.69, 9.17) is 9.47 Å². The minimum Gasteiger partial charge on any atom is -0.494 e. The van der Waals surface area contributed by atoms with E-state index in [0.29, 0.717) is 25.4 Å². The Balaban J connectivity index is 1.61. The van der Waals surface area contributed by atoms with Gasteiger partial charge in [0, 0.05) is 29.6 Å². The highest BCUT2D eigenvalue weighted by molar-refractivity contribution is 5.80. The number of ether oxygens (including phenoxy) is 2. The van der Waals surface area contributed by atoms with E-state index in [-0.39, 0.29) is 17.6 Å². The summed E-state index contributed by atoms with van der Waals surface area (Å²) in [5.41, 5.74) is 1.33. The largest absolute Gasteiger partial charge is 0.494 e. The van der Waals surface area contributed by atoms with Gasteiger partial charge in [-0.2, -0.15) is 0 Å². The zero-order valence-electron chi connectivity index (χ0n) is 18.5. The molecule has 2 aliphatic rings. The molecule has 1 aromatic carbocycles. The molecule has 5 rings (SSSR count). The van der Waals surface area contributed by atoms with Crippen LogP contribution in [0.1, 0.15) is 62.5 Å². The van der Waals surface area contributed by atoms with Crippen LogP contribution in [0.5, 0.6) is 5.75 Å². The number of hydrogen-bond acceptors (Lipinski definition) is 7. The molecule has 2 aromatic heterocycles. The van der Waals surface area contributed by atoms with E-state index < -0.39 is 0 Å². The molecule has 1 atom stereocenters. The van der Waals surface area contributed by atoms with Crippen molar-refractivity contribution in [2.75, 3.05) is 32.9 Å². The Morgan fingerprint density at radius 1 is 1.19 bits per heavy atom. The van der Waals surface area contributed by atoms with Crippen molar-refractivity contribution in [3.05, 3.63) is 46.0 Å². The summed E-state index contributed by atoms with van der Waals surface area (Å²) < 4.78 is 13.2. The highest BCUT2D eigenvalue weighted by atomic mass is 16.5. The van der Waals surface area contributed by atoms with E-state index >= 15 is 0 Å². The van der Waals surface area contributed by atoms with E-state index in [2.05, 4.69) is 25.4 Å². The summed E-state index contributed by atoms with van der Waals surface area (Å²) in [6.07, 6.45) is 5.76. The van der Waals surface area contributed by atoms with Crippen LogP contribution in [0.25, 0.3) is 10.9 Å². The third-order valence-corrected chi connectivity index (χ3v) is 6.54. The smallest absolute Gasteiger partial charge is 0.253 e. The molecule has 0 amide bonds. The number of benzene rings is 1. The van der Waals surface area contributed by atoms with Gasteiger partial charge in [0.2, 0.25) is 0 Å². The van der Waals surface area contributed by atoms with Gasteiger partial charge in [0.25, 0.3) is 5.56 Å². The van der Waals surface area contributed by atoms with E-state index in [1.165, 1.54) is 19.3 Å². The van der Waals surface area contributed by atoms with Gasteiger partial charge in [-0.15, -0.1) is 5.10 Å². The highest BCUT2D eigenvalue weighted by Gasteiger charge is 2.33. The van der Waals surface area contributed by atoms with Gasteiger partial charge < -0.3 is 14.5 Å². The maximum absolute atomic E-state index is 13.3. The molecule has 1 saturated carbocycles. The Morgan fingerprint density at radius 3 is 2.78 bits per heavy atom. The first-order chi connectivity index (χ1) is 15.7. The molecule has 1 aliphatic carbocycles. The number of fused-ring (bicyclic) bond motifs is 1. The lowest BCUT2D eigenvalue weighted by molar-refractivity contribution is 0.0209. The first-order valence-electron chi connectivity index (χ1n) is 11.6.